The Morgan fingerprint density at radius 3 is 2.84 bits per heavy atom. The fourth-order valence-corrected chi connectivity index (χ4v) is 4.52. The van der Waals surface area contributed by atoms with Gasteiger partial charge in [-0.2, -0.15) is 5.10 Å². The number of hydrogen-bond donors (Lipinski definition) is 4. The van der Waals surface area contributed by atoms with E-state index in [2.05, 4.69) is 25.7 Å². The SMILES string of the molecule is COc1cccc2c(Nc3cc(C4CC4)[nH]n3)nc(Sc3ccc4c(=O)[nH][nH]c4c3)nc12. The predicted octanol–water partition coefficient (Wildman–Crippen LogP) is 4.30. The average Bonchev–Trinajstić information content (AvgIpc) is 3.45. The molecule has 1 saturated carbocycles. The fourth-order valence-electron chi connectivity index (χ4n) is 3.72. The van der Waals surface area contributed by atoms with Crippen LogP contribution in [0.3, 0.4) is 0 Å². The van der Waals surface area contributed by atoms with E-state index >= 15 is 0 Å². The number of benzene rings is 2. The molecule has 32 heavy (non-hydrogen) atoms. The maximum Gasteiger partial charge on any atom is 0.271 e. The van der Waals surface area contributed by atoms with Crippen LogP contribution in [0, 0.1) is 0 Å². The van der Waals surface area contributed by atoms with Crippen LogP contribution in [0.2, 0.25) is 0 Å². The summed E-state index contributed by atoms with van der Waals surface area (Å²) >= 11 is 1.41. The smallest absolute Gasteiger partial charge is 0.271 e. The summed E-state index contributed by atoms with van der Waals surface area (Å²) in [5.41, 5.74) is 2.45. The largest absolute Gasteiger partial charge is 0.494 e. The molecule has 1 aliphatic rings. The van der Waals surface area contributed by atoms with Crippen molar-refractivity contribution in [2.45, 2.75) is 28.8 Å². The highest BCUT2D eigenvalue weighted by Crippen LogP contribution is 2.40. The monoisotopic (exact) mass is 445 g/mol. The van der Waals surface area contributed by atoms with E-state index in [1.165, 1.54) is 24.6 Å². The van der Waals surface area contributed by atoms with E-state index in [9.17, 15) is 4.79 Å². The van der Waals surface area contributed by atoms with Gasteiger partial charge in [-0.15, -0.1) is 0 Å². The predicted molar refractivity (Wildman–Crippen MR) is 123 cm³/mol. The van der Waals surface area contributed by atoms with Crippen LogP contribution in [0.1, 0.15) is 24.5 Å². The highest BCUT2D eigenvalue weighted by atomic mass is 32.2. The Morgan fingerprint density at radius 2 is 2.00 bits per heavy atom. The molecule has 10 heteroatoms. The zero-order chi connectivity index (χ0) is 21.7. The lowest BCUT2D eigenvalue weighted by molar-refractivity contribution is 0.418. The molecule has 0 bridgehead atoms. The number of nitrogens with one attached hydrogen (secondary N) is 4. The van der Waals surface area contributed by atoms with Crippen LogP contribution in [0.25, 0.3) is 21.8 Å². The number of H-pyrrole nitrogens is 3. The lowest BCUT2D eigenvalue weighted by Gasteiger charge is -2.11. The fraction of sp³-hybridized carbons (Fsp3) is 0.182. The van der Waals surface area contributed by atoms with Crippen molar-refractivity contribution < 1.29 is 4.74 Å². The summed E-state index contributed by atoms with van der Waals surface area (Å²) in [7, 11) is 1.63. The van der Waals surface area contributed by atoms with Crippen LogP contribution in [0.4, 0.5) is 11.6 Å². The maximum atomic E-state index is 11.8. The molecule has 5 aromatic rings. The van der Waals surface area contributed by atoms with Gasteiger partial charge in [0.05, 0.1) is 18.0 Å². The second-order valence-electron chi connectivity index (χ2n) is 7.71. The minimum atomic E-state index is -0.140. The molecular formula is C22H19N7O2S. The Bertz CT molecular complexity index is 1520. The number of hydrogen-bond acceptors (Lipinski definition) is 7. The van der Waals surface area contributed by atoms with Crippen molar-refractivity contribution in [1.82, 2.24) is 30.4 Å². The Labute approximate surface area is 186 Å². The molecule has 2 aromatic carbocycles. The molecule has 1 fully saturated rings. The summed E-state index contributed by atoms with van der Waals surface area (Å²) in [5.74, 6) is 2.63. The van der Waals surface area contributed by atoms with Gasteiger partial charge in [0.15, 0.2) is 11.0 Å². The first kappa shape index (κ1) is 18.9. The zero-order valence-electron chi connectivity index (χ0n) is 17.1. The summed E-state index contributed by atoms with van der Waals surface area (Å²) in [5, 5.41) is 18.4. The minimum absolute atomic E-state index is 0.140. The number of anilines is 2. The number of fused-ring (bicyclic) bond motifs is 2. The van der Waals surface area contributed by atoms with Gasteiger partial charge in [-0.05, 0) is 54.9 Å². The molecule has 160 valence electrons. The van der Waals surface area contributed by atoms with Gasteiger partial charge in [0.2, 0.25) is 0 Å². The van der Waals surface area contributed by atoms with Gasteiger partial charge in [0, 0.05) is 28.0 Å². The first-order valence-electron chi connectivity index (χ1n) is 10.2. The summed E-state index contributed by atoms with van der Waals surface area (Å²) in [4.78, 5) is 22.2. The summed E-state index contributed by atoms with van der Waals surface area (Å²) in [6, 6.07) is 13.4. The van der Waals surface area contributed by atoms with Gasteiger partial charge in [-0.25, -0.2) is 9.97 Å². The first-order chi connectivity index (χ1) is 15.7. The van der Waals surface area contributed by atoms with Gasteiger partial charge in [-0.1, -0.05) is 6.07 Å². The number of methoxy groups -OCH3 is 1. The number of aromatic nitrogens is 6. The third-order valence-corrected chi connectivity index (χ3v) is 6.36. The molecule has 3 heterocycles. The van der Waals surface area contributed by atoms with Crippen LogP contribution >= 0.6 is 11.8 Å². The van der Waals surface area contributed by atoms with E-state index < -0.39 is 0 Å². The second-order valence-corrected chi connectivity index (χ2v) is 8.75. The van der Waals surface area contributed by atoms with Crippen molar-refractivity contribution >= 4 is 45.2 Å². The van der Waals surface area contributed by atoms with E-state index in [-0.39, 0.29) is 5.56 Å². The molecule has 6 rings (SSSR count). The Balaban J connectivity index is 1.41. The van der Waals surface area contributed by atoms with Crippen molar-refractivity contribution in [2.24, 2.45) is 0 Å². The molecule has 0 spiro atoms. The van der Waals surface area contributed by atoms with Gasteiger partial charge in [0.1, 0.15) is 17.1 Å². The standard InChI is InChI=1S/C22H19N7O2S/c1-31-17-4-2-3-14-19(17)24-22(32-12-7-8-13-16(9-12)27-29-21(13)30)25-20(14)23-18-10-15(26-28-18)11-5-6-11/h2-4,7-11H,5-6H2,1H3,(H2,27,29,30)(H2,23,24,25,26,28). The molecule has 9 nitrogen and oxygen atoms in total. The van der Waals surface area contributed by atoms with Crippen molar-refractivity contribution in [3.05, 3.63) is 58.5 Å². The molecule has 1 aliphatic carbocycles. The van der Waals surface area contributed by atoms with E-state index in [0.717, 1.165) is 27.3 Å². The number of aromatic amines is 3. The Morgan fingerprint density at radius 1 is 1.09 bits per heavy atom. The van der Waals surface area contributed by atoms with E-state index in [0.29, 0.717) is 33.5 Å². The highest BCUT2D eigenvalue weighted by Gasteiger charge is 2.25. The Kier molecular flexibility index (Phi) is 4.39. The topological polar surface area (TPSA) is 124 Å². The van der Waals surface area contributed by atoms with Crippen LogP contribution < -0.4 is 15.6 Å². The Hall–Kier alpha value is -3.79. The van der Waals surface area contributed by atoms with Crippen LogP contribution in [-0.4, -0.2) is 37.5 Å². The number of para-hydroxylation sites is 1. The third-order valence-electron chi connectivity index (χ3n) is 5.51. The van der Waals surface area contributed by atoms with Crippen LogP contribution in [-0.2, 0) is 0 Å². The lowest BCUT2D eigenvalue weighted by Crippen LogP contribution is -2.00. The van der Waals surface area contributed by atoms with Crippen molar-refractivity contribution in [2.75, 3.05) is 12.4 Å². The van der Waals surface area contributed by atoms with Gasteiger partial charge in [0.25, 0.3) is 5.56 Å². The number of ether oxygens (including phenoxy) is 1. The minimum Gasteiger partial charge on any atom is -0.494 e. The van der Waals surface area contributed by atoms with Crippen molar-refractivity contribution in [3.63, 3.8) is 0 Å². The zero-order valence-corrected chi connectivity index (χ0v) is 17.9. The summed E-state index contributed by atoms with van der Waals surface area (Å²) in [6.07, 6.45) is 2.40. The maximum absolute atomic E-state index is 11.8. The van der Waals surface area contributed by atoms with Crippen molar-refractivity contribution in [3.8, 4) is 5.75 Å². The lowest BCUT2D eigenvalue weighted by atomic mass is 10.2. The highest BCUT2D eigenvalue weighted by molar-refractivity contribution is 7.99. The van der Waals surface area contributed by atoms with E-state index in [1.54, 1.807) is 13.2 Å². The molecular weight excluding hydrogens is 426 g/mol. The molecule has 3 aromatic heterocycles. The molecule has 0 saturated heterocycles. The van der Waals surface area contributed by atoms with Crippen LogP contribution in [0.15, 0.2) is 57.3 Å². The van der Waals surface area contributed by atoms with E-state index in [4.69, 9.17) is 14.7 Å². The first-order valence-corrected chi connectivity index (χ1v) is 11.0. The molecule has 0 unspecified atom stereocenters. The average molecular weight is 446 g/mol. The van der Waals surface area contributed by atoms with Gasteiger partial charge < -0.3 is 10.1 Å². The van der Waals surface area contributed by atoms with Gasteiger partial charge >= 0.3 is 0 Å². The number of nitrogens with zero attached hydrogens (tertiary/aromatic N) is 3. The molecule has 0 atom stereocenters. The molecule has 0 aliphatic heterocycles. The second kappa shape index (κ2) is 7.41. The molecule has 0 radical (unpaired) electrons. The molecule has 0 amide bonds. The number of rotatable bonds is 6. The van der Waals surface area contributed by atoms with Crippen molar-refractivity contribution in [1.29, 1.82) is 0 Å². The van der Waals surface area contributed by atoms with Crippen LogP contribution in [0.5, 0.6) is 5.75 Å². The normalized spacial score (nSPS) is 13.7. The molecule has 4 N–H and O–H groups in total. The third kappa shape index (κ3) is 3.38. The summed E-state index contributed by atoms with van der Waals surface area (Å²) in [6.45, 7) is 0. The van der Waals surface area contributed by atoms with E-state index in [1.807, 2.05) is 36.4 Å². The quantitative estimate of drug-likeness (QED) is 0.287. The summed E-state index contributed by atoms with van der Waals surface area (Å²) < 4.78 is 5.55. The van der Waals surface area contributed by atoms with Gasteiger partial charge in [-0.3, -0.25) is 20.1 Å².